The van der Waals surface area contributed by atoms with Gasteiger partial charge in [-0.15, -0.1) is 11.3 Å². The molecule has 0 aliphatic carbocycles. The van der Waals surface area contributed by atoms with Crippen LogP contribution in [-0.4, -0.2) is 50.6 Å². The number of nitrogens with zero attached hydrogens (tertiary/aromatic N) is 2. The molecular formula is C18H22N6O5S. The molecule has 0 fully saturated rings. The molecular weight excluding hydrogens is 412 g/mol. The summed E-state index contributed by atoms with van der Waals surface area (Å²) in [5.74, 6) is -1.68. The maximum Gasteiger partial charge on any atom is 0.326 e. The van der Waals surface area contributed by atoms with E-state index in [1.165, 1.54) is 11.3 Å². The molecule has 160 valence electrons. The molecule has 0 radical (unpaired) electrons. The van der Waals surface area contributed by atoms with Crippen molar-refractivity contribution in [2.24, 2.45) is 0 Å². The van der Waals surface area contributed by atoms with E-state index >= 15 is 0 Å². The van der Waals surface area contributed by atoms with Crippen molar-refractivity contribution in [3.8, 4) is 0 Å². The average molecular weight is 434 g/mol. The van der Waals surface area contributed by atoms with E-state index < -0.39 is 23.9 Å². The monoisotopic (exact) mass is 434 g/mol. The molecule has 30 heavy (non-hydrogen) atoms. The smallest absolute Gasteiger partial charge is 0.326 e. The highest BCUT2D eigenvalue weighted by atomic mass is 32.1. The number of rotatable bonds is 9. The number of anilines is 3. The summed E-state index contributed by atoms with van der Waals surface area (Å²) in [6.45, 7) is 0.667. The van der Waals surface area contributed by atoms with Gasteiger partial charge in [-0.2, -0.15) is 9.97 Å². The lowest BCUT2D eigenvalue weighted by molar-refractivity contribution is -0.140. The van der Waals surface area contributed by atoms with Gasteiger partial charge in [0.2, 0.25) is 5.95 Å². The van der Waals surface area contributed by atoms with E-state index in [9.17, 15) is 19.5 Å². The molecule has 1 aliphatic rings. The minimum atomic E-state index is -1.27. The number of amides is 1. The fourth-order valence-corrected chi connectivity index (χ4v) is 4.24. The Morgan fingerprint density at radius 2 is 2.03 bits per heavy atom. The number of aliphatic carboxylic acids is 2. The first-order chi connectivity index (χ1) is 14.2. The minimum Gasteiger partial charge on any atom is -0.481 e. The second kappa shape index (κ2) is 8.95. The number of nitrogens with one attached hydrogen (secondary N) is 2. The fraction of sp³-hybridized carbons (Fsp3) is 0.389. The minimum absolute atomic E-state index is 0.118. The van der Waals surface area contributed by atoms with E-state index in [1.807, 2.05) is 6.07 Å². The van der Waals surface area contributed by atoms with E-state index in [1.54, 1.807) is 6.07 Å². The van der Waals surface area contributed by atoms with E-state index in [0.717, 1.165) is 16.9 Å². The van der Waals surface area contributed by atoms with Gasteiger partial charge in [0.15, 0.2) is 0 Å². The van der Waals surface area contributed by atoms with Gasteiger partial charge < -0.3 is 32.3 Å². The molecule has 0 saturated carbocycles. The van der Waals surface area contributed by atoms with Gasteiger partial charge in [-0.05, 0) is 31.4 Å². The van der Waals surface area contributed by atoms with Crippen molar-refractivity contribution in [1.29, 1.82) is 0 Å². The molecule has 11 nitrogen and oxygen atoms in total. The second-order valence-corrected chi connectivity index (χ2v) is 8.08. The van der Waals surface area contributed by atoms with Crippen LogP contribution in [0.15, 0.2) is 12.1 Å². The van der Waals surface area contributed by atoms with Crippen LogP contribution in [0.1, 0.15) is 45.3 Å². The molecule has 2 atom stereocenters. The Morgan fingerprint density at radius 3 is 2.73 bits per heavy atom. The number of carboxylic acid groups (broad SMARTS) is 2. The number of thiophene rings is 1. The number of aromatic nitrogens is 2. The highest BCUT2D eigenvalue weighted by molar-refractivity contribution is 7.14. The average Bonchev–Trinajstić information content (AvgIpc) is 3.29. The topological polar surface area (TPSA) is 194 Å². The summed E-state index contributed by atoms with van der Waals surface area (Å²) in [5, 5.41) is 23.4. The predicted molar refractivity (Wildman–Crippen MR) is 110 cm³/mol. The zero-order valence-electron chi connectivity index (χ0n) is 15.9. The molecule has 0 saturated heterocycles. The number of carbonyl (C=O) groups excluding carboxylic acids is 1. The number of fused-ring (bicyclic) bond motifs is 1. The largest absolute Gasteiger partial charge is 0.481 e. The molecule has 2 aromatic rings. The van der Waals surface area contributed by atoms with Crippen molar-refractivity contribution in [2.75, 3.05) is 23.3 Å². The SMILES string of the molecule is Nc1nc(N)c2c(n1)NCC2CCc1ccc(C(=O)N[C@@H](CCC(=O)O)C(=O)O)s1. The lowest BCUT2D eigenvalue weighted by Crippen LogP contribution is -2.40. The molecule has 3 rings (SSSR count). The van der Waals surface area contributed by atoms with E-state index in [4.69, 9.17) is 16.6 Å². The molecule has 12 heteroatoms. The number of carboxylic acids is 2. The zero-order valence-corrected chi connectivity index (χ0v) is 16.7. The van der Waals surface area contributed by atoms with Crippen LogP contribution in [0.25, 0.3) is 0 Å². The Bertz CT molecular complexity index is 978. The maximum absolute atomic E-state index is 12.4. The highest BCUT2D eigenvalue weighted by Gasteiger charge is 2.27. The van der Waals surface area contributed by atoms with Crippen LogP contribution >= 0.6 is 11.3 Å². The number of hydrogen-bond acceptors (Lipinski definition) is 9. The summed E-state index contributed by atoms with van der Waals surface area (Å²) >= 11 is 1.27. The van der Waals surface area contributed by atoms with Crippen molar-refractivity contribution in [3.05, 3.63) is 27.5 Å². The summed E-state index contributed by atoms with van der Waals surface area (Å²) in [6.07, 6.45) is 0.920. The van der Waals surface area contributed by atoms with Crippen molar-refractivity contribution in [2.45, 2.75) is 37.6 Å². The third-order valence-corrected chi connectivity index (χ3v) is 5.94. The summed E-state index contributed by atoms with van der Waals surface area (Å²) in [5.41, 5.74) is 12.4. The molecule has 2 aromatic heterocycles. The number of carbonyl (C=O) groups is 3. The zero-order chi connectivity index (χ0) is 21.8. The third kappa shape index (κ3) is 4.95. The Balaban J connectivity index is 1.59. The van der Waals surface area contributed by atoms with E-state index in [2.05, 4.69) is 20.6 Å². The molecule has 1 unspecified atom stereocenters. The van der Waals surface area contributed by atoms with E-state index in [0.29, 0.717) is 29.5 Å². The molecule has 1 amide bonds. The van der Waals surface area contributed by atoms with Gasteiger partial charge in [0, 0.05) is 29.3 Å². The first-order valence-corrected chi connectivity index (χ1v) is 10.1. The molecule has 1 aliphatic heterocycles. The highest BCUT2D eigenvalue weighted by Crippen LogP contribution is 2.37. The quantitative estimate of drug-likeness (QED) is 0.330. The fourth-order valence-electron chi connectivity index (χ4n) is 3.32. The van der Waals surface area contributed by atoms with E-state index in [-0.39, 0.29) is 24.7 Å². The van der Waals surface area contributed by atoms with Crippen LogP contribution in [0.2, 0.25) is 0 Å². The first-order valence-electron chi connectivity index (χ1n) is 9.25. The molecule has 0 bridgehead atoms. The predicted octanol–water partition coefficient (Wildman–Crippen LogP) is 0.892. The van der Waals surface area contributed by atoms with Crippen LogP contribution in [0.4, 0.5) is 17.6 Å². The molecule has 0 spiro atoms. The number of aryl methyl sites for hydroxylation is 1. The van der Waals surface area contributed by atoms with Gasteiger partial charge in [0.05, 0.1) is 4.88 Å². The number of nitrogen functional groups attached to an aromatic ring is 2. The summed E-state index contributed by atoms with van der Waals surface area (Å²) in [6, 6.07) is 2.19. The second-order valence-electron chi connectivity index (χ2n) is 6.91. The van der Waals surface area contributed by atoms with Gasteiger partial charge in [-0.1, -0.05) is 0 Å². The van der Waals surface area contributed by atoms with Gasteiger partial charge in [0.1, 0.15) is 17.7 Å². The molecule has 3 heterocycles. The number of nitrogens with two attached hydrogens (primary N) is 2. The Labute approximate surface area is 175 Å². The number of hydrogen-bond donors (Lipinski definition) is 6. The lowest BCUT2D eigenvalue weighted by Gasteiger charge is -2.12. The van der Waals surface area contributed by atoms with Crippen molar-refractivity contribution >= 4 is 46.8 Å². The molecule has 8 N–H and O–H groups in total. The summed E-state index contributed by atoms with van der Waals surface area (Å²) in [7, 11) is 0. The van der Waals surface area contributed by atoms with Gasteiger partial charge >= 0.3 is 11.9 Å². The van der Waals surface area contributed by atoms with Gasteiger partial charge in [-0.25, -0.2) is 4.79 Å². The van der Waals surface area contributed by atoms with Gasteiger partial charge in [-0.3, -0.25) is 9.59 Å². The van der Waals surface area contributed by atoms with Crippen LogP contribution in [0, 0.1) is 0 Å². The third-order valence-electron chi connectivity index (χ3n) is 4.79. The van der Waals surface area contributed by atoms with Crippen LogP contribution < -0.4 is 22.1 Å². The van der Waals surface area contributed by atoms with Crippen molar-refractivity contribution < 1.29 is 24.6 Å². The van der Waals surface area contributed by atoms with Crippen LogP contribution in [0.3, 0.4) is 0 Å². The van der Waals surface area contributed by atoms with Crippen molar-refractivity contribution in [3.63, 3.8) is 0 Å². The van der Waals surface area contributed by atoms with Gasteiger partial charge in [0.25, 0.3) is 5.91 Å². The Hall–Kier alpha value is -3.41. The Kier molecular flexibility index (Phi) is 6.35. The first kappa shape index (κ1) is 21.3. The maximum atomic E-state index is 12.4. The van der Waals surface area contributed by atoms with Crippen LogP contribution in [-0.2, 0) is 16.0 Å². The standard InChI is InChI=1S/C18H22N6O5S/c19-14-13-8(7-21-15(13)24-18(20)23-14)1-2-9-3-5-11(30-9)16(27)22-10(17(28)29)4-6-12(25)26/h3,5,8,10H,1-2,4,6-7H2,(H,22,27)(H,25,26)(H,28,29)(H5,19,20,21,23,24)/t8?,10-/m0/s1. The summed E-state index contributed by atoms with van der Waals surface area (Å²) < 4.78 is 0. The lowest BCUT2D eigenvalue weighted by atomic mass is 9.97. The molecule has 0 aromatic carbocycles. The van der Waals surface area contributed by atoms with Crippen LogP contribution in [0.5, 0.6) is 0 Å². The Morgan fingerprint density at radius 1 is 1.27 bits per heavy atom. The normalized spacial score (nSPS) is 15.8. The summed E-state index contributed by atoms with van der Waals surface area (Å²) in [4.78, 5) is 43.7. The van der Waals surface area contributed by atoms with Crippen molar-refractivity contribution in [1.82, 2.24) is 15.3 Å².